The summed E-state index contributed by atoms with van der Waals surface area (Å²) in [6, 6.07) is 10.1. The van der Waals surface area contributed by atoms with E-state index in [1.54, 1.807) is 14.2 Å². The molecule has 2 N–H and O–H groups in total. The van der Waals surface area contributed by atoms with Crippen LogP contribution in [-0.2, 0) is 6.54 Å². The molecule has 2 aromatic rings. The topological polar surface area (TPSA) is 67.8 Å². The number of hydrogen-bond acceptors (Lipinski definition) is 4. The molecule has 0 saturated carbocycles. The molecule has 0 saturated heterocycles. The molecule has 28 heavy (non-hydrogen) atoms. The molecule has 1 aromatic carbocycles. The van der Waals surface area contributed by atoms with Gasteiger partial charge in [0.1, 0.15) is 5.75 Å². The van der Waals surface area contributed by atoms with Gasteiger partial charge in [0.05, 0.1) is 19.8 Å². The second-order valence-corrected chi connectivity index (χ2v) is 6.39. The van der Waals surface area contributed by atoms with Gasteiger partial charge in [-0.15, -0.1) is 24.0 Å². The lowest BCUT2D eigenvalue weighted by Gasteiger charge is -2.20. The van der Waals surface area contributed by atoms with E-state index in [9.17, 15) is 0 Å². The Balaban J connectivity index is 0.00000392. The first-order valence-corrected chi connectivity index (χ1v) is 9.26. The Morgan fingerprint density at radius 2 is 2.04 bits per heavy atom. The van der Waals surface area contributed by atoms with Gasteiger partial charge < -0.3 is 20.1 Å². The molecule has 0 spiro atoms. The van der Waals surface area contributed by atoms with E-state index in [0.717, 1.165) is 29.3 Å². The van der Waals surface area contributed by atoms with E-state index in [2.05, 4.69) is 47.4 Å². The van der Waals surface area contributed by atoms with Crippen molar-refractivity contribution in [2.24, 2.45) is 4.99 Å². The SMILES string of the molecule is CCCOc1ccc(CNC(=NC)NC(C)c2cc(C)ccc2OC)cn1.I. The highest BCUT2D eigenvalue weighted by Crippen LogP contribution is 2.25. The van der Waals surface area contributed by atoms with Crippen molar-refractivity contribution in [1.29, 1.82) is 0 Å². The van der Waals surface area contributed by atoms with Crippen LogP contribution in [0.2, 0.25) is 0 Å². The van der Waals surface area contributed by atoms with Crippen LogP contribution in [0.3, 0.4) is 0 Å². The van der Waals surface area contributed by atoms with Gasteiger partial charge in [0.25, 0.3) is 0 Å². The molecule has 1 atom stereocenters. The number of nitrogens with one attached hydrogen (secondary N) is 2. The number of rotatable bonds is 8. The molecule has 1 heterocycles. The second-order valence-electron chi connectivity index (χ2n) is 6.39. The summed E-state index contributed by atoms with van der Waals surface area (Å²) in [5.74, 6) is 2.24. The molecule has 1 aromatic heterocycles. The molecule has 0 aliphatic heterocycles. The van der Waals surface area contributed by atoms with Gasteiger partial charge in [0.2, 0.25) is 5.88 Å². The van der Waals surface area contributed by atoms with Crippen molar-refractivity contribution >= 4 is 29.9 Å². The van der Waals surface area contributed by atoms with Crippen molar-refractivity contribution in [2.75, 3.05) is 20.8 Å². The Labute approximate surface area is 185 Å². The van der Waals surface area contributed by atoms with Crippen molar-refractivity contribution in [1.82, 2.24) is 15.6 Å². The molecular weight excluding hydrogens is 467 g/mol. The molecule has 0 fully saturated rings. The summed E-state index contributed by atoms with van der Waals surface area (Å²) in [7, 11) is 3.45. The first kappa shape index (κ1) is 24.0. The lowest BCUT2D eigenvalue weighted by molar-refractivity contribution is 0.305. The van der Waals surface area contributed by atoms with Gasteiger partial charge >= 0.3 is 0 Å². The Hall–Kier alpha value is -2.03. The smallest absolute Gasteiger partial charge is 0.213 e. The lowest BCUT2D eigenvalue weighted by atomic mass is 10.0. The number of aromatic nitrogens is 1. The van der Waals surface area contributed by atoms with E-state index in [-0.39, 0.29) is 30.0 Å². The molecule has 154 valence electrons. The van der Waals surface area contributed by atoms with Crippen LogP contribution in [0.25, 0.3) is 0 Å². The molecule has 0 radical (unpaired) electrons. The van der Waals surface area contributed by atoms with Crippen molar-refractivity contribution in [3.63, 3.8) is 0 Å². The number of benzene rings is 1. The maximum Gasteiger partial charge on any atom is 0.213 e. The van der Waals surface area contributed by atoms with E-state index in [1.807, 2.05) is 30.5 Å². The summed E-state index contributed by atoms with van der Waals surface area (Å²) < 4.78 is 11.0. The van der Waals surface area contributed by atoms with Crippen LogP contribution in [-0.4, -0.2) is 31.7 Å². The average molecular weight is 498 g/mol. The zero-order valence-electron chi connectivity index (χ0n) is 17.3. The number of pyridine rings is 1. The van der Waals surface area contributed by atoms with Crippen LogP contribution in [0.15, 0.2) is 41.5 Å². The van der Waals surface area contributed by atoms with Gasteiger partial charge in [-0.1, -0.05) is 30.7 Å². The maximum absolute atomic E-state index is 5.51. The van der Waals surface area contributed by atoms with Crippen LogP contribution < -0.4 is 20.1 Å². The van der Waals surface area contributed by atoms with E-state index in [0.29, 0.717) is 19.0 Å². The first-order valence-electron chi connectivity index (χ1n) is 9.26. The summed E-state index contributed by atoms with van der Waals surface area (Å²) in [4.78, 5) is 8.63. The Bertz CT molecular complexity index is 751. The van der Waals surface area contributed by atoms with E-state index in [1.165, 1.54) is 5.56 Å². The molecule has 6 nitrogen and oxygen atoms in total. The number of nitrogens with zero attached hydrogens (tertiary/aromatic N) is 2. The van der Waals surface area contributed by atoms with Crippen molar-refractivity contribution in [3.8, 4) is 11.6 Å². The average Bonchev–Trinajstić information content (AvgIpc) is 2.70. The maximum atomic E-state index is 5.51. The number of guanidine groups is 1. The van der Waals surface area contributed by atoms with Crippen LogP contribution in [0.1, 0.15) is 43.0 Å². The summed E-state index contributed by atoms with van der Waals surface area (Å²) >= 11 is 0. The third kappa shape index (κ3) is 7.18. The van der Waals surface area contributed by atoms with Gasteiger partial charge in [-0.25, -0.2) is 4.98 Å². The fourth-order valence-corrected chi connectivity index (χ4v) is 2.66. The van der Waals surface area contributed by atoms with Gasteiger partial charge in [-0.2, -0.15) is 0 Å². The number of halogens is 1. The predicted molar refractivity (Wildman–Crippen MR) is 125 cm³/mol. The summed E-state index contributed by atoms with van der Waals surface area (Å²) in [5.41, 5.74) is 3.35. The molecule has 0 aliphatic carbocycles. The Morgan fingerprint density at radius 1 is 1.25 bits per heavy atom. The molecule has 1 unspecified atom stereocenters. The van der Waals surface area contributed by atoms with Crippen LogP contribution >= 0.6 is 24.0 Å². The van der Waals surface area contributed by atoms with Crippen LogP contribution in [0.4, 0.5) is 0 Å². The molecule has 0 amide bonds. The Kier molecular flexibility index (Phi) is 10.7. The highest BCUT2D eigenvalue weighted by Gasteiger charge is 2.13. The largest absolute Gasteiger partial charge is 0.496 e. The van der Waals surface area contributed by atoms with Gasteiger partial charge in [0, 0.05) is 31.4 Å². The molecular formula is C21H31IN4O2. The minimum atomic E-state index is 0. The fraction of sp³-hybridized carbons (Fsp3) is 0.429. The van der Waals surface area contributed by atoms with Crippen molar-refractivity contribution < 1.29 is 9.47 Å². The zero-order chi connectivity index (χ0) is 19.6. The number of aryl methyl sites for hydroxylation is 1. The Morgan fingerprint density at radius 3 is 2.64 bits per heavy atom. The van der Waals surface area contributed by atoms with E-state index < -0.39 is 0 Å². The number of aliphatic imine (C=N–C) groups is 1. The fourth-order valence-electron chi connectivity index (χ4n) is 2.66. The zero-order valence-corrected chi connectivity index (χ0v) is 19.6. The highest BCUT2D eigenvalue weighted by molar-refractivity contribution is 14.0. The normalized spacial score (nSPS) is 12.0. The molecule has 0 aliphatic rings. The minimum absolute atomic E-state index is 0. The number of ether oxygens (including phenoxy) is 2. The third-order valence-electron chi connectivity index (χ3n) is 4.14. The van der Waals surface area contributed by atoms with E-state index >= 15 is 0 Å². The standard InChI is InChI=1S/C21H30N4O2.HI/c1-6-11-27-20-10-8-17(13-23-20)14-24-21(22-4)25-16(3)18-12-15(2)7-9-19(18)26-5;/h7-10,12-13,16H,6,11,14H2,1-5H3,(H2,22,24,25);1H. The first-order chi connectivity index (χ1) is 13.1. The van der Waals surface area contributed by atoms with Crippen LogP contribution in [0.5, 0.6) is 11.6 Å². The van der Waals surface area contributed by atoms with Crippen molar-refractivity contribution in [3.05, 3.63) is 53.2 Å². The van der Waals surface area contributed by atoms with Gasteiger partial charge in [0.15, 0.2) is 5.96 Å². The van der Waals surface area contributed by atoms with Gasteiger partial charge in [-0.05, 0) is 31.9 Å². The molecule has 7 heteroatoms. The summed E-state index contributed by atoms with van der Waals surface area (Å²) in [6.07, 6.45) is 2.79. The number of hydrogen-bond donors (Lipinski definition) is 2. The lowest BCUT2D eigenvalue weighted by Crippen LogP contribution is -2.38. The third-order valence-corrected chi connectivity index (χ3v) is 4.14. The predicted octanol–water partition coefficient (Wildman–Crippen LogP) is 4.23. The van der Waals surface area contributed by atoms with Crippen LogP contribution in [0, 0.1) is 6.92 Å². The van der Waals surface area contributed by atoms with Gasteiger partial charge in [-0.3, -0.25) is 4.99 Å². The second kappa shape index (κ2) is 12.4. The minimum Gasteiger partial charge on any atom is -0.496 e. The molecule has 2 rings (SSSR count). The number of methoxy groups -OCH3 is 1. The summed E-state index contributed by atoms with van der Waals surface area (Å²) in [5, 5.41) is 6.73. The van der Waals surface area contributed by atoms with Crippen molar-refractivity contribution in [2.45, 2.75) is 39.8 Å². The molecule has 0 bridgehead atoms. The highest BCUT2D eigenvalue weighted by atomic mass is 127. The van der Waals surface area contributed by atoms with E-state index in [4.69, 9.17) is 9.47 Å². The summed E-state index contributed by atoms with van der Waals surface area (Å²) in [6.45, 7) is 7.54. The quantitative estimate of drug-likeness (QED) is 0.324. The monoisotopic (exact) mass is 498 g/mol.